The minimum absolute atomic E-state index is 0.102. The fourth-order valence-electron chi connectivity index (χ4n) is 3.85. The number of hydrogen-bond acceptors (Lipinski definition) is 9. The zero-order valence-corrected chi connectivity index (χ0v) is 20.3. The summed E-state index contributed by atoms with van der Waals surface area (Å²) in [5.41, 5.74) is 1.49. The first-order valence-electron chi connectivity index (χ1n) is 10.8. The summed E-state index contributed by atoms with van der Waals surface area (Å²) in [5.74, 6) is 0.276. The van der Waals surface area contributed by atoms with Crippen molar-refractivity contribution in [3.05, 3.63) is 108 Å². The van der Waals surface area contributed by atoms with E-state index in [1.807, 2.05) is 18.2 Å². The van der Waals surface area contributed by atoms with Gasteiger partial charge in [-0.1, -0.05) is 42.5 Å². The molecule has 184 valence electrons. The Hall–Kier alpha value is -3.80. The summed E-state index contributed by atoms with van der Waals surface area (Å²) in [6.45, 7) is -0.174. The zero-order chi connectivity index (χ0) is 25.2. The number of nitrogens with zero attached hydrogens (tertiary/aromatic N) is 2. The molecule has 11 heteroatoms. The third-order valence-electron chi connectivity index (χ3n) is 5.54. The molecule has 5 rings (SSSR count). The maximum absolute atomic E-state index is 12.6. The van der Waals surface area contributed by atoms with E-state index in [0.29, 0.717) is 11.3 Å². The van der Waals surface area contributed by atoms with Gasteiger partial charge in [0.1, 0.15) is 17.6 Å². The number of hydrogen-bond donors (Lipinski definition) is 0. The molecule has 0 radical (unpaired) electrons. The van der Waals surface area contributed by atoms with Crippen LogP contribution in [0.4, 0.5) is 0 Å². The molecule has 9 nitrogen and oxygen atoms in total. The molecular weight excluding hydrogens is 504 g/mol. The first-order valence-corrected chi connectivity index (χ1v) is 13.7. The number of fused-ring (bicyclic) bond motifs is 1. The molecular formula is C25H20N2O7S2. The first kappa shape index (κ1) is 23.9. The highest BCUT2D eigenvalue weighted by Crippen LogP contribution is 2.46. The van der Waals surface area contributed by atoms with Crippen molar-refractivity contribution in [1.29, 1.82) is 0 Å². The first-order chi connectivity index (χ1) is 17.3. The molecule has 36 heavy (non-hydrogen) atoms. The molecule has 0 bridgehead atoms. The predicted octanol–water partition coefficient (Wildman–Crippen LogP) is 3.87. The van der Waals surface area contributed by atoms with Crippen molar-refractivity contribution in [2.75, 3.05) is 6.61 Å². The van der Waals surface area contributed by atoms with E-state index in [0.717, 1.165) is 5.56 Å². The zero-order valence-electron chi connectivity index (χ0n) is 18.7. The standard InChI is InChI=1S/C25H20N2O7S2/c28-35(29,23-9-3-5-15-26-23)32-17-21-20-7-1-2-8-22(20)33-25(21)18-11-13-19(14-12-18)34-36(30,31)24-10-4-6-16-27-24/h1-16,21,25H,17H2/t21-,25+/m0/s1. The highest BCUT2D eigenvalue weighted by molar-refractivity contribution is 7.87. The predicted molar refractivity (Wildman–Crippen MR) is 128 cm³/mol. The van der Waals surface area contributed by atoms with Crippen molar-refractivity contribution in [2.24, 2.45) is 0 Å². The van der Waals surface area contributed by atoms with E-state index in [9.17, 15) is 16.8 Å². The van der Waals surface area contributed by atoms with Crippen LogP contribution in [0.3, 0.4) is 0 Å². The Kier molecular flexibility index (Phi) is 6.44. The van der Waals surface area contributed by atoms with Crippen LogP contribution in [-0.2, 0) is 24.4 Å². The Morgan fingerprint density at radius 2 is 1.33 bits per heavy atom. The lowest BCUT2D eigenvalue weighted by atomic mass is 9.92. The van der Waals surface area contributed by atoms with Crippen LogP contribution in [0.15, 0.2) is 107 Å². The molecule has 4 aromatic rings. The summed E-state index contributed by atoms with van der Waals surface area (Å²) < 4.78 is 66.9. The van der Waals surface area contributed by atoms with Crippen molar-refractivity contribution in [1.82, 2.24) is 9.97 Å². The van der Waals surface area contributed by atoms with Crippen LogP contribution in [0, 0.1) is 0 Å². The van der Waals surface area contributed by atoms with E-state index in [-0.39, 0.29) is 22.4 Å². The molecule has 2 atom stereocenters. The average Bonchev–Trinajstić information content (AvgIpc) is 3.27. The number of aromatic nitrogens is 2. The normalized spacial score (nSPS) is 17.2. The minimum Gasteiger partial charge on any atom is -0.485 e. The smallest absolute Gasteiger partial charge is 0.356 e. The van der Waals surface area contributed by atoms with Crippen molar-refractivity contribution >= 4 is 20.2 Å². The van der Waals surface area contributed by atoms with Gasteiger partial charge < -0.3 is 8.92 Å². The summed E-state index contributed by atoms with van der Waals surface area (Å²) in [6, 6.07) is 22.7. The third-order valence-corrected chi connectivity index (χ3v) is 7.91. The van der Waals surface area contributed by atoms with E-state index in [4.69, 9.17) is 13.1 Å². The molecule has 1 aliphatic rings. The molecule has 2 aromatic heterocycles. The molecule has 0 aliphatic carbocycles. The summed E-state index contributed by atoms with van der Waals surface area (Å²) >= 11 is 0. The highest BCUT2D eigenvalue weighted by Gasteiger charge is 2.37. The van der Waals surface area contributed by atoms with Gasteiger partial charge in [0.15, 0.2) is 10.1 Å². The van der Waals surface area contributed by atoms with Crippen LogP contribution in [0.5, 0.6) is 11.5 Å². The summed E-state index contributed by atoms with van der Waals surface area (Å²) in [6.07, 6.45) is 2.18. The Morgan fingerprint density at radius 3 is 1.97 bits per heavy atom. The molecule has 2 aromatic carbocycles. The Morgan fingerprint density at radius 1 is 0.722 bits per heavy atom. The van der Waals surface area contributed by atoms with Crippen LogP contribution in [0.1, 0.15) is 23.1 Å². The molecule has 0 saturated carbocycles. The van der Waals surface area contributed by atoms with Crippen molar-refractivity contribution in [3.8, 4) is 11.5 Å². The van der Waals surface area contributed by atoms with E-state index in [2.05, 4.69) is 9.97 Å². The second-order valence-electron chi connectivity index (χ2n) is 7.86. The van der Waals surface area contributed by atoms with E-state index in [1.165, 1.54) is 36.7 Å². The highest BCUT2D eigenvalue weighted by atomic mass is 32.2. The summed E-state index contributed by atoms with van der Waals surface area (Å²) in [7, 11) is -8.15. The molecule has 0 unspecified atom stereocenters. The fourth-order valence-corrected chi connectivity index (χ4v) is 5.62. The van der Waals surface area contributed by atoms with Crippen LogP contribution < -0.4 is 8.92 Å². The van der Waals surface area contributed by atoms with Gasteiger partial charge in [-0.05, 0) is 48.0 Å². The lowest BCUT2D eigenvalue weighted by molar-refractivity contribution is 0.171. The van der Waals surface area contributed by atoms with Gasteiger partial charge >= 0.3 is 20.2 Å². The summed E-state index contributed by atoms with van der Waals surface area (Å²) in [4.78, 5) is 7.69. The third kappa shape index (κ3) is 4.94. The van der Waals surface area contributed by atoms with E-state index >= 15 is 0 Å². The minimum atomic E-state index is -4.09. The van der Waals surface area contributed by atoms with Crippen LogP contribution in [0.2, 0.25) is 0 Å². The Labute approximate surface area is 208 Å². The molecule has 1 aliphatic heterocycles. The molecule has 0 N–H and O–H groups in total. The number of pyridine rings is 2. The quantitative estimate of drug-likeness (QED) is 0.316. The van der Waals surface area contributed by atoms with Gasteiger partial charge in [0.25, 0.3) is 0 Å². The van der Waals surface area contributed by atoms with Gasteiger partial charge in [-0.25, -0.2) is 9.97 Å². The van der Waals surface area contributed by atoms with Gasteiger partial charge in [-0.2, -0.15) is 16.8 Å². The number of para-hydroxylation sites is 1. The van der Waals surface area contributed by atoms with Gasteiger partial charge in [-0.15, -0.1) is 0 Å². The number of rotatable bonds is 8. The lowest BCUT2D eigenvalue weighted by Crippen LogP contribution is -2.19. The average molecular weight is 525 g/mol. The maximum atomic E-state index is 12.6. The maximum Gasteiger partial charge on any atom is 0.356 e. The van der Waals surface area contributed by atoms with Gasteiger partial charge in [-0.3, -0.25) is 4.18 Å². The SMILES string of the molecule is O=S(=O)(OC[C@H]1c2ccccc2O[C@@H]1c1ccc(OS(=O)(=O)c2ccccn2)cc1)c1ccccn1. The monoisotopic (exact) mass is 524 g/mol. The van der Waals surface area contributed by atoms with Gasteiger partial charge in [0.2, 0.25) is 0 Å². The number of benzene rings is 2. The van der Waals surface area contributed by atoms with Crippen molar-refractivity contribution < 1.29 is 29.9 Å². The van der Waals surface area contributed by atoms with Gasteiger partial charge in [0, 0.05) is 18.0 Å². The second kappa shape index (κ2) is 9.69. The van der Waals surface area contributed by atoms with Crippen molar-refractivity contribution in [2.45, 2.75) is 22.1 Å². The van der Waals surface area contributed by atoms with Gasteiger partial charge in [0.05, 0.1) is 12.5 Å². The number of ether oxygens (including phenoxy) is 1. The second-order valence-corrected chi connectivity index (χ2v) is 10.9. The molecule has 0 saturated heterocycles. The fraction of sp³-hybridized carbons (Fsp3) is 0.120. The van der Waals surface area contributed by atoms with E-state index in [1.54, 1.807) is 42.5 Å². The van der Waals surface area contributed by atoms with Crippen LogP contribution >= 0.6 is 0 Å². The molecule has 3 heterocycles. The van der Waals surface area contributed by atoms with E-state index < -0.39 is 32.3 Å². The largest absolute Gasteiger partial charge is 0.485 e. The molecule has 0 spiro atoms. The Bertz CT molecular complexity index is 1560. The Balaban J connectivity index is 1.37. The lowest BCUT2D eigenvalue weighted by Gasteiger charge is -2.20. The van der Waals surface area contributed by atoms with Crippen molar-refractivity contribution in [3.63, 3.8) is 0 Å². The molecule has 0 fully saturated rings. The summed E-state index contributed by atoms with van der Waals surface area (Å²) in [5, 5.41) is -0.376. The molecule has 0 amide bonds. The van der Waals surface area contributed by atoms with Crippen LogP contribution in [-0.4, -0.2) is 33.4 Å². The topological polar surface area (TPSA) is 122 Å². The van der Waals surface area contributed by atoms with Crippen LogP contribution in [0.25, 0.3) is 0 Å².